The Morgan fingerprint density at radius 2 is 1.75 bits per heavy atom. The molecule has 0 unspecified atom stereocenters. The Hall–Kier alpha value is -3.12. The van der Waals surface area contributed by atoms with E-state index in [2.05, 4.69) is 45.8 Å². The third-order valence-corrected chi connectivity index (χ3v) is 5.70. The summed E-state index contributed by atoms with van der Waals surface area (Å²) >= 11 is 0. The van der Waals surface area contributed by atoms with Crippen LogP contribution >= 0.6 is 0 Å². The molecule has 6 nitrogen and oxygen atoms in total. The molecular weight excluding hydrogens is 400 g/mol. The first-order valence-electron chi connectivity index (χ1n) is 11.2. The number of hydrogen-bond donors (Lipinski definition) is 2. The lowest BCUT2D eigenvalue weighted by Gasteiger charge is -2.29. The Labute approximate surface area is 190 Å². The van der Waals surface area contributed by atoms with E-state index in [0.717, 1.165) is 59.3 Å². The van der Waals surface area contributed by atoms with E-state index in [9.17, 15) is 4.79 Å². The van der Waals surface area contributed by atoms with Gasteiger partial charge in [0.15, 0.2) is 0 Å². The third kappa shape index (κ3) is 5.37. The molecular formula is C26H32N4O2. The zero-order valence-electron chi connectivity index (χ0n) is 19.3. The summed E-state index contributed by atoms with van der Waals surface area (Å²) in [6, 6.07) is 16.6. The first-order chi connectivity index (χ1) is 15.3. The van der Waals surface area contributed by atoms with Crippen LogP contribution in [0.2, 0.25) is 0 Å². The molecule has 0 atom stereocenters. The van der Waals surface area contributed by atoms with Gasteiger partial charge in [0, 0.05) is 23.2 Å². The minimum atomic E-state index is -0.547. The van der Waals surface area contributed by atoms with Crippen molar-refractivity contribution in [1.29, 1.82) is 0 Å². The molecule has 0 spiro atoms. The van der Waals surface area contributed by atoms with E-state index in [-0.39, 0.29) is 0 Å². The molecule has 0 bridgehead atoms. The summed E-state index contributed by atoms with van der Waals surface area (Å²) in [6.07, 6.45) is 3.73. The van der Waals surface area contributed by atoms with Gasteiger partial charge in [0.05, 0.1) is 5.69 Å². The monoisotopic (exact) mass is 432 g/mol. The predicted octanol–water partition coefficient (Wildman–Crippen LogP) is 5.75. The number of amides is 1. The summed E-state index contributed by atoms with van der Waals surface area (Å²) in [5.74, 6) is 0.913. The molecule has 3 aromatic rings. The molecule has 0 aliphatic carbocycles. The molecule has 1 amide bonds. The quantitative estimate of drug-likeness (QED) is 0.549. The number of benzene rings is 2. The highest BCUT2D eigenvalue weighted by molar-refractivity contribution is 6.06. The van der Waals surface area contributed by atoms with Crippen molar-refractivity contribution in [2.45, 2.75) is 45.3 Å². The number of piperidine rings is 1. The topological polar surface area (TPSA) is 66.5 Å². The summed E-state index contributed by atoms with van der Waals surface area (Å²) < 4.78 is 5.42. The van der Waals surface area contributed by atoms with Gasteiger partial charge in [-0.1, -0.05) is 30.3 Å². The highest BCUT2D eigenvalue weighted by Crippen LogP contribution is 2.33. The molecule has 1 aromatic heterocycles. The molecule has 1 fully saturated rings. The van der Waals surface area contributed by atoms with Crippen molar-refractivity contribution in [1.82, 2.24) is 9.88 Å². The summed E-state index contributed by atoms with van der Waals surface area (Å²) in [6.45, 7) is 7.79. The predicted molar refractivity (Wildman–Crippen MR) is 131 cm³/mol. The largest absolute Gasteiger partial charge is 0.444 e. The number of anilines is 2. The molecule has 0 radical (unpaired) electrons. The van der Waals surface area contributed by atoms with Gasteiger partial charge < -0.3 is 15.0 Å². The number of carbonyl (C=O) groups is 1. The fourth-order valence-electron chi connectivity index (χ4n) is 4.07. The van der Waals surface area contributed by atoms with Gasteiger partial charge in [-0.25, -0.2) is 9.78 Å². The highest BCUT2D eigenvalue weighted by Gasteiger charge is 2.18. The van der Waals surface area contributed by atoms with Gasteiger partial charge in [-0.05, 0) is 82.9 Å². The number of hydrogen-bond acceptors (Lipinski definition) is 5. The highest BCUT2D eigenvalue weighted by atomic mass is 16.6. The second kappa shape index (κ2) is 9.17. The van der Waals surface area contributed by atoms with Crippen LogP contribution in [0.15, 0.2) is 54.7 Å². The van der Waals surface area contributed by atoms with E-state index >= 15 is 0 Å². The van der Waals surface area contributed by atoms with Gasteiger partial charge in [0.2, 0.25) is 0 Å². The second-order valence-electron chi connectivity index (χ2n) is 9.49. The van der Waals surface area contributed by atoms with Gasteiger partial charge >= 0.3 is 6.09 Å². The molecule has 2 N–H and O–H groups in total. The number of ether oxygens (including phenoxy) is 1. The van der Waals surface area contributed by atoms with Crippen LogP contribution in [0.25, 0.3) is 21.9 Å². The van der Waals surface area contributed by atoms with Crippen molar-refractivity contribution < 1.29 is 9.53 Å². The summed E-state index contributed by atoms with van der Waals surface area (Å²) in [7, 11) is 2.17. The summed E-state index contributed by atoms with van der Waals surface area (Å²) in [5.41, 5.74) is 2.30. The Bertz CT molecular complexity index is 1080. The second-order valence-corrected chi connectivity index (χ2v) is 9.49. The van der Waals surface area contributed by atoms with E-state index in [4.69, 9.17) is 4.74 Å². The minimum absolute atomic E-state index is 0.457. The fourth-order valence-corrected chi connectivity index (χ4v) is 4.07. The Kier molecular flexibility index (Phi) is 6.33. The van der Waals surface area contributed by atoms with E-state index < -0.39 is 11.7 Å². The minimum Gasteiger partial charge on any atom is -0.444 e. The van der Waals surface area contributed by atoms with Gasteiger partial charge in [-0.2, -0.15) is 0 Å². The van der Waals surface area contributed by atoms with Crippen molar-refractivity contribution in [3.05, 3.63) is 54.7 Å². The van der Waals surface area contributed by atoms with E-state index in [1.807, 2.05) is 57.3 Å². The lowest BCUT2D eigenvalue weighted by Crippen LogP contribution is -2.36. The van der Waals surface area contributed by atoms with E-state index in [1.165, 1.54) is 0 Å². The molecule has 168 valence electrons. The number of likely N-dealkylation sites (tertiary alicyclic amines) is 1. The molecule has 32 heavy (non-hydrogen) atoms. The third-order valence-electron chi connectivity index (χ3n) is 5.70. The Morgan fingerprint density at radius 1 is 1.03 bits per heavy atom. The summed E-state index contributed by atoms with van der Waals surface area (Å²) in [4.78, 5) is 19.3. The van der Waals surface area contributed by atoms with Crippen LogP contribution in [0.1, 0.15) is 33.6 Å². The molecule has 1 aliphatic rings. The SMILES string of the molecule is CN1CCC(Nc2ccc(-c3ccc(NC(=O)OC(C)(C)C)c4ccccc34)cn2)CC1. The van der Waals surface area contributed by atoms with E-state index in [1.54, 1.807) is 0 Å². The molecule has 2 aromatic carbocycles. The molecule has 1 saturated heterocycles. The molecule has 2 heterocycles. The first kappa shape index (κ1) is 22.1. The lowest BCUT2D eigenvalue weighted by atomic mass is 9.98. The van der Waals surface area contributed by atoms with Crippen LogP contribution in [0.3, 0.4) is 0 Å². The van der Waals surface area contributed by atoms with Gasteiger partial charge in [0.1, 0.15) is 11.4 Å². The average Bonchev–Trinajstić information content (AvgIpc) is 2.75. The van der Waals surface area contributed by atoms with Crippen LogP contribution in [-0.4, -0.2) is 47.8 Å². The number of carbonyl (C=O) groups excluding carboxylic acids is 1. The molecule has 6 heteroatoms. The molecule has 4 rings (SSSR count). The van der Waals surface area contributed by atoms with Crippen LogP contribution < -0.4 is 10.6 Å². The van der Waals surface area contributed by atoms with Crippen LogP contribution in [-0.2, 0) is 4.74 Å². The Balaban J connectivity index is 1.55. The van der Waals surface area contributed by atoms with Crippen LogP contribution in [0.4, 0.5) is 16.3 Å². The number of aromatic nitrogens is 1. The van der Waals surface area contributed by atoms with Gasteiger partial charge in [-0.3, -0.25) is 5.32 Å². The van der Waals surface area contributed by atoms with Crippen molar-refractivity contribution in [3.63, 3.8) is 0 Å². The van der Waals surface area contributed by atoms with Crippen LogP contribution in [0.5, 0.6) is 0 Å². The number of nitrogens with zero attached hydrogens (tertiary/aromatic N) is 2. The maximum Gasteiger partial charge on any atom is 0.412 e. The molecule has 0 saturated carbocycles. The number of fused-ring (bicyclic) bond motifs is 1. The van der Waals surface area contributed by atoms with Crippen LogP contribution in [0, 0.1) is 0 Å². The van der Waals surface area contributed by atoms with Crippen molar-refractivity contribution >= 4 is 28.4 Å². The average molecular weight is 433 g/mol. The lowest BCUT2D eigenvalue weighted by molar-refractivity contribution is 0.0636. The van der Waals surface area contributed by atoms with Gasteiger partial charge in [0.25, 0.3) is 0 Å². The first-order valence-corrected chi connectivity index (χ1v) is 11.2. The van der Waals surface area contributed by atoms with Crippen molar-refractivity contribution in [2.75, 3.05) is 30.8 Å². The maximum absolute atomic E-state index is 12.3. The van der Waals surface area contributed by atoms with Crippen molar-refractivity contribution in [2.24, 2.45) is 0 Å². The van der Waals surface area contributed by atoms with E-state index in [0.29, 0.717) is 6.04 Å². The molecule has 1 aliphatic heterocycles. The van der Waals surface area contributed by atoms with Crippen molar-refractivity contribution in [3.8, 4) is 11.1 Å². The zero-order chi connectivity index (χ0) is 22.7. The maximum atomic E-state index is 12.3. The number of rotatable bonds is 4. The number of nitrogens with one attached hydrogen (secondary N) is 2. The summed E-state index contributed by atoms with van der Waals surface area (Å²) in [5, 5.41) is 8.47. The standard InChI is InChI=1S/C26H32N4O2/c1-26(2,3)32-25(31)29-23-11-10-20(21-7-5-6-8-22(21)23)18-9-12-24(27-17-18)28-19-13-15-30(4)16-14-19/h5-12,17,19H,13-16H2,1-4H3,(H,27,28)(H,29,31). The fraction of sp³-hybridized carbons (Fsp3) is 0.385. The smallest absolute Gasteiger partial charge is 0.412 e. The number of pyridine rings is 1. The normalized spacial score (nSPS) is 15.5. The zero-order valence-corrected chi connectivity index (χ0v) is 19.3. The Morgan fingerprint density at radius 3 is 2.41 bits per heavy atom. The van der Waals surface area contributed by atoms with Gasteiger partial charge in [-0.15, -0.1) is 0 Å².